The Kier molecular flexibility index (Phi) is 8.54. The molecule has 0 spiro atoms. The second-order valence-corrected chi connectivity index (χ2v) is 7.83. The summed E-state index contributed by atoms with van der Waals surface area (Å²) < 4.78 is 4.99. The van der Waals surface area contributed by atoms with Crippen LogP contribution in [-0.4, -0.2) is 35.8 Å². The molecule has 2 aromatic carbocycles. The Morgan fingerprint density at radius 3 is 2.25 bits per heavy atom. The summed E-state index contributed by atoms with van der Waals surface area (Å²) in [5.74, 6) is -0.543. The molecule has 1 N–H and O–H groups in total. The van der Waals surface area contributed by atoms with E-state index in [2.05, 4.69) is 19.2 Å². The van der Waals surface area contributed by atoms with Crippen LogP contribution in [0.1, 0.15) is 35.7 Å². The van der Waals surface area contributed by atoms with E-state index in [1.165, 1.54) is 0 Å². The van der Waals surface area contributed by atoms with Crippen molar-refractivity contribution in [3.63, 3.8) is 0 Å². The first-order valence-electron chi connectivity index (χ1n) is 8.77. The predicted molar refractivity (Wildman–Crippen MR) is 113 cm³/mol. The van der Waals surface area contributed by atoms with Crippen LogP contribution in [0, 0.1) is 0 Å². The van der Waals surface area contributed by atoms with Gasteiger partial charge in [-0.3, -0.25) is 14.4 Å². The monoisotopic (exact) mass is 419 g/mol. The Labute approximate surface area is 173 Å². The van der Waals surface area contributed by atoms with Gasteiger partial charge in [-0.05, 0) is 35.7 Å². The quantitative estimate of drug-likeness (QED) is 0.476. The fraction of sp³-hybridized carbons (Fsp3) is 0.286. The Hall–Kier alpha value is -2.31. The van der Waals surface area contributed by atoms with Crippen LogP contribution < -0.4 is 5.32 Å². The van der Waals surface area contributed by atoms with E-state index in [-0.39, 0.29) is 29.8 Å². The van der Waals surface area contributed by atoms with Crippen LogP contribution in [0.5, 0.6) is 0 Å². The first kappa shape index (κ1) is 22.0. The standard InChI is InChI=1S/C21H22ClNO4S/c1-14(2)15-3-5-16(6-4-15)19(24)11-27-21(26)13-28-12-20(25)23-18-9-7-17(22)8-10-18/h3-10,14H,11-13H2,1-2H3,(H,23,25). The van der Waals surface area contributed by atoms with E-state index in [0.717, 1.165) is 17.3 Å². The lowest BCUT2D eigenvalue weighted by molar-refractivity contribution is -0.139. The molecule has 0 unspecified atom stereocenters. The smallest absolute Gasteiger partial charge is 0.316 e. The molecule has 0 radical (unpaired) electrons. The molecule has 0 saturated heterocycles. The number of hydrogen-bond acceptors (Lipinski definition) is 5. The number of benzene rings is 2. The summed E-state index contributed by atoms with van der Waals surface area (Å²) in [4.78, 5) is 35.7. The van der Waals surface area contributed by atoms with Gasteiger partial charge in [0.25, 0.3) is 0 Å². The van der Waals surface area contributed by atoms with Crippen molar-refractivity contribution >= 4 is 46.7 Å². The van der Waals surface area contributed by atoms with E-state index in [4.69, 9.17) is 16.3 Å². The summed E-state index contributed by atoms with van der Waals surface area (Å²) in [7, 11) is 0. The minimum atomic E-state index is -0.531. The van der Waals surface area contributed by atoms with E-state index in [1.54, 1.807) is 36.4 Å². The lowest BCUT2D eigenvalue weighted by Crippen LogP contribution is -2.18. The number of hydrogen-bond donors (Lipinski definition) is 1. The lowest BCUT2D eigenvalue weighted by atomic mass is 10.0. The van der Waals surface area contributed by atoms with E-state index in [0.29, 0.717) is 22.2 Å². The minimum Gasteiger partial charge on any atom is -0.457 e. The summed E-state index contributed by atoms with van der Waals surface area (Å²) >= 11 is 6.91. The summed E-state index contributed by atoms with van der Waals surface area (Å²) in [5, 5.41) is 3.29. The highest BCUT2D eigenvalue weighted by Crippen LogP contribution is 2.15. The number of halogens is 1. The number of carbonyl (C=O) groups excluding carboxylic acids is 3. The van der Waals surface area contributed by atoms with Crippen molar-refractivity contribution in [1.29, 1.82) is 0 Å². The molecule has 28 heavy (non-hydrogen) atoms. The molecule has 0 aliphatic heterocycles. The SMILES string of the molecule is CC(C)c1ccc(C(=O)COC(=O)CSCC(=O)Nc2ccc(Cl)cc2)cc1. The van der Waals surface area contributed by atoms with Crippen molar-refractivity contribution < 1.29 is 19.1 Å². The number of esters is 1. The first-order valence-corrected chi connectivity index (χ1v) is 10.3. The number of Topliss-reactive ketones (excluding diaryl/α,β-unsaturated/α-hetero) is 1. The van der Waals surface area contributed by atoms with Gasteiger partial charge < -0.3 is 10.1 Å². The minimum absolute atomic E-state index is 0.00634. The van der Waals surface area contributed by atoms with Gasteiger partial charge in [0.15, 0.2) is 12.4 Å². The molecule has 0 saturated carbocycles. The summed E-state index contributed by atoms with van der Waals surface area (Å²) in [6, 6.07) is 14.0. The highest BCUT2D eigenvalue weighted by atomic mass is 35.5. The van der Waals surface area contributed by atoms with Crippen molar-refractivity contribution in [3.8, 4) is 0 Å². The van der Waals surface area contributed by atoms with Gasteiger partial charge >= 0.3 is 5.97 Å². The zero-order chi connectivity index (χ0) is 20.5. The Balaban J connectivity index is 1.67. The zero-order valence-electron chi connectivity index (χ0n) is 15.7. The number of thioether (sulfide) groups is 1. The molecule has 0 aromatic heterocycles. The molecule has 0 aliphatic rings. The molecule has 1 amide bonds. The van der Waals surface area contributed by atoms with Crippen LogP contribution >= 0.6 is 23.4 Å². The predicted octanol–water partition coefficient (Wildman–Crippen LogP) is 4.56. The van der Waals surface area contributed by atoms with Gasteiger partial charge in [0, 0.05) is 16.3 Å². The summed E-state index contributed by atoms with van der Waals surface area (Å²) in [6.07, 6.45) is 0. The lowest BCUT2D eigenvalue weighted by Gasteiger charge is -2.07. The Morgan fingerprint density at radius 1 is 1.00 bits per heavy atom. The van der Waals surface area contributed by atoms with Crippen LogP contribution in [0.15, 0.2) is 48.5 Å². The Morgan fingerprint density at radius 2 is 1.64 bits per heavy atom. The molecule has 0 bridgehead atoms. The zero-order valence-corrected chi connectivity index (χ0v) is 17.3. The summed E-state index contributed by atoms with van der Waals surface area (Å²) in [5.41, 5.74) is 2.28. The maximum Gasteiger partial charge on any atom is 0.316 e. The maximum atomic E-state index is 12.1. The second kappa shape index (κ2) is 10.9. The highest BCUT2D eigenvalue weighted by molar-refractivity contribution is 8.00. The average molecular weight is 420 g/mol. The number of ether oxygens (including phenoxy) is 1. The molecule has 2 rings (SSSR count). The van der Waals surface area contributed by atoms with Gasteiger partial charge in [-0.15, -0.1) is 11.8 Å². The largest absolute Gasteiger partial charge is 0.457 e. The van der Waals surface area contributed by atoms with E-state index in [1.807, 2.05) is 12.1 Å². The number of carbonyl (C=O) groups is 3. The highest BCUT2D eigenvalue weighted by Gasteiger charge is 2.12. The van der Waals surface area contributed by atoms with Crippen LogP contribution in [0.3, 0.4) is 0 Å². The molecule has 5 nitrogen and oxygen atoms in total. The number of nitrogens with one attached hydrogen (secondary N) is 1. The van der Waals surface area contributed by atoms with Crippen LogP contribution in [0.25, 0.3) is 0 Å². The first-order chi connectivity index (χ1) is 13.3. The van der Waals surface area contributed by atoms with Gasteiger partial charge in [0.1, 0.15) is 0 Å². The Bertz CT molecular complexity index is 819. The third-order valence-electron chi connectivity index (χ3n) is 3.84. The molecular formula is C21H22ClNO4S. The van der Waals surface area contributed by atoms with Gasteiger partial charge in [0.05, 0.1) is 11.5 Å². The maximum absolute atomic E-state index is 12.1. The molecule has 0 heterocycles. The number of anilines is 1. The van der Waals surface area contributed by atoms with Crippen LogP contribution in [0.2, 0.25) is 5.02 Å². The van der Waals surface area contributed by atoms with Crippen molar-refractivity contribution in [3.05, 3.63) is 64.7 Å². The van der Waals surface area contributed by atoms with E-state index >= 15 is 0 Å². The van der Waals surface area contributed by atoms with Crippen molar-refractivity contribution in [2.75, 3.05) is 23.4 Å². The van der Waals surface area contributed by atoms with Crippen LogP contribution in [0.4, 0.5) is 5.69 Å². The van der Waals surface area contributed by atoms with Gasteiger partial charge in [-0.1, -0.05) is 49.7 Å². The normalized spacial score (nSPS) is 10.6. The molecule has 0 fully saturated rings. The molecule has 0 atom stereocenters. The fourth-order valence-corrected chi connectivity index (χ4v) is 3.02. The number of rotatable bonds is 9. The molecular weight excluding hydrogens is 398 g/mol. The van der Waals surface area contributed by atoms with Crippen molar-refractivity contribution in [2.45, 2.75) is 19.8 Å². The van der Waals surface area contributed by atoms with E-state index < -0.39 is 5.97 Å². The topological polar surface area (TPSA) is 72.5 Å². The fourth-order valence-electron chi connectivity index (χ4n) is 2.28. The second-order valence-electron chi connectivity index (χ2n) is 6.41. The van der Waals surface area contributed by atoms with Gasteiger partial charge in [0.2, 0.25) is 5.91 Å². The third kappa shape index (κ3) is 7.37. The summed E-state index contributed by atoms with van der Waals surface area (Å²) in [6.45, 7) is 3.84. The molecule has 2 aromatic rings. The number of ketones is 1. The average Bonchev–Trinajstić information content (AvgIpc) is 2.68. The van der Waals surface area contributed by atoms with E-state index in [9.17, 15) is 14.4 Å². The molecule has 148 valence electrons. The van der Waals surface area contributed by atoms with Crippen molar-refractivity contribution in [1.82, 2.24) is 0 Å². The third-order valence-corrected chi connectivity index (χ3v) is 5.00. The molecule has 7 heteroatoms. The van der Waals surface area contributed by atoms with Gasteiger partial charge in [-0.2, -0.15) is 0 Å². The van der Waals surface area contributed by atoms with Gasteiger partial charge in [-0.25, -0.2) is 0 Å². The molecule has 0 aliphatic carbocycles. The number of amides is 1. The van der Waals surface area contributed by atoms with Crippen LogP contribution in [-0.2, 0) is 14.3 Å². The van der Waals surface area contributed by atoms with Crippen molar-refractivity contribution in [2.24, 2.45) is 0 Å².